The number of nitrogen functional groups attached to an aromatic ring is 1. The molecule has 7 rings (SSSR count). The largest absolute Gasteiger partial charge is 0.399 e. The quantitative estimate of drug-likeness (QED) is 0.269. The van der Waals surface area contributed by atoms with E-state index >= 15 is 0 Å². The van der Waals surface area contributed by atoms with Crippen molar-refractivity contribution in [2.45, 2.75) is 0 Å². The molecule has 2 nitrogen and oxygen atoms in total. The second kappa shape index (κ2) is 6.96. The molecular formula is C30H20N2S. The standard InChI is InChI=1S/C30H20N2S/c31-20-14-16-30-25(18-20)24-17-19(13-15-29(24)33-30)21-7-1-4-10-26(21)32-27-11-5-2-8-22(27)23-9-3-6-12-28(23)32/h1-18H,31H2. The molecule has 0 unspecified atom stereocenters. The number of anilines is 1. The Labute approximate surface area is 195 Å². The highest BCUT2D eigenvalue weighted by molar-refractivity contribution is 7.25. The van der Waals surface area contributed by atoms with E-state index in [1.165, 1.54) is 58.8 Å². The minimum Gasteiger partial charge on any atom is -0.399 e. The Balaban J connectivity index is 1.54. The molecule has 0 atom stereocenters. The number of fused-ring (bicyclic) bond motifs is 6. The maximum atomic E-state index is 6.12. The van der Waals surface area contributed by atoms with Crippen molar-refractivity contribution < 1.29 is 0 Å². The molecule has 7 aromatic rings. The van der Waals surface area contributed by atoms with Gasteiger partial charge in [-0.3, -0.25) is 0 Å². The van der Waals surface area contributed by atoms with Crippen LogP contribution in [0.15, 0.2) is 109 Å². The predicted molar refractivity (Wildman–Crippen MR) is 144 cm³/mol. The van der Waals surface area contributed by atoms with Gasteiger partial charge in [-0.25, -0.2) is 0 Å². The van der Waals surface area contributed by atoms with Crippen molar-refractivity contribution in [3.05, 3.63) is 109 Å². The molecule has 0 radical (unpaired) electrons. The number of thiophene rings is 1. The van der Waals surface area contributed by atoms with E-state index < -0.39 is 0 Å². The van der Waals surface area contributed by atoms with Gasteiger partial charge in [-0.2, -0.15) is 0 Å². The first kappa shape index (κ1) is 18.5. The Morgan fingerprint density at radius 1 is 0.545 bits per heavy atom. The van der Waals surface area contributed by atoms with Gasteiger partial charge in [0, 0.05) is 42.2 Å². The maximum absolute atomic E-state index is 6.12. The molecule has 0 bridgehead atoms. The van der Waals surface area contributed by atoms with Gasteiger partial charge in [0.15, 0.2) is 0 Å². The van der Waals surface area contributed by atoms with Gasteiger partial charge in [-0.1, -0.05) is 60.7 Å². The molecule has 0 amide bonds. The van der Waals surface area contributed by atoms with Crippen LogP contribution < -0.4 is 5.73 Å². The van der Waals surface area contributed by atoms with Crippen molar-refractivity contribution >= 4 is 59.0 Å². The number of hydrogen-bond acceptors (Lipinski definition) is 2. The number of aromatic nitrogens is 1. The highest BCUT2D eigenvalue weighted by atomic mass is 32.1. The molecule has 2 N–H and O–H groups in total. The number of nitrogens with zero attached hydrogens (tertiary/aromatic N) is 1. The number of hydrogen-bond donors (Lipinski definition) is 1. The number of nitrogens with two attached hydrogens (primary N) is 1. The lowest BCUT2D eigenvalue weighted by Crippen LogP contribution is -1.96. The molecule has 156 valence electrons. The Morgan fingerprint density at radius 2 is 1.15 bits per heavy atom. The van der Waals surface area contributed by atoms with Gasteiger partial charge in [0.1, 0.15) is 0 Å². The third-order valence-electron chi connectivity index (χ3n) is 6.53. The van der Waals surface area contributed by atoms with E-state index in [4.69, 9.17) is 5.73 Å². The van der Waals surface area contributed by atoms with Crippen LogP contribution in [-0.2, 0) is 0 Å². The summed E-state index contributed by atoms with van der Waals surface area (Å²) in [6.45, 7) is 0. The Morgan fingerprint density at radius 3 is 1.91 bits per heavy atom. The average Bonchev–Trinajstić information content (AvgIpc) is 3.39. The molecule has 0 saturated heterocycles. The van der Waals surface area contributed by atoms with Crippen LogP contribution >= 0.6 is 11.3 Å². The lowest BCUT2D eigenvalue weighted by atomic mass is 10.0. The third kappa shape index (κ3) is 2.73. The SMILES string of the molecule is Nc1ccc2sc3ccc(-c4ccccc4-n4c5ccccc5c5ccccc54)cc3c2c1. The van der Waals surface area contributed by atoms with Crippen LogP contribution in [0.5, 0.6) is 0 Å². The monoisotopic (exact) mass is 440 g/mol. The first-order valence-electron chi connectivity index (χ1n) is 11.1. The first-order valence-corrected chi connectivity index (χ1v) is 11.9. The molecule has 0 aliphatic rings. The van der Waals surface area contributed by atoms with Gasteiger partial charge in [-0.15, -0.1) is 11.3 Å². The summed E-state index contributed by atoms with van der Waals surface area (Å²) < 4.78 is 4.95. The molecule has 0 aliphatic carbocycles. The van der Waals surface area contributed by atoms with Crippen LogP contribution in [0.3, 0.4) is 0 Å². The van der Waals surface area contributed by atoms with E-state index in [9.17, 15) is 0 Å². The van der Waals surface area contributed by atoms with Gasteiger partial charge in [0.2, 0.25) is 0 Å². The van der Waals surface area contributed by atoms with Gasteiger partial charge in [0.25, 0.3) is 0 Å². The molecule has 5 aromatic carbocycles. The number of benzene rings is 5. The summed E-state index contributed by atoms with van der Waals surface area (Å²) >= 11 is 1.82. The summed E-state index contributed by atoms with van der Waals surface area (Å²) in [5.74, 6) is 0. The van der Waals surface area contributed by atoms with E-state index in [0.717, 1.165) is 5.69 Å². The van der Waals surface area contributed by atoms with Crippen molar-refractivity contribution in [2.24, 2.45) is 0 Å². The average molecular weight is 441 g/mol. The molecular weight excluding hydrogens is 420 g/mol. The summed E-state index contributed by atoms with van der Waals surface area (Å²) in [5.41, 5.74) is 13.0. The summed E-state index contributed by atoms with van der Waals surface area (Å²) in [5, 5.41) is 5.04. The van der Waals surface area contributed by atoms with Crippen molar-refractivity contribution in [2.75, 3.05) is 5.73 Å². The number of rotatable bonds is 2. The van der Waals surface area contributed by atoms with Crippen LogP contribution in [0.1, 0.15) is 0 Å². The van der Waals surface area contributed by atoms with E-state index in [1.54, 1.807) is 0 Å². The fraction of sp³-hybridized carbons (Fsp3) is 0. The fourth-order valence-electron chi connectivity index (χ4n) is 5.06. The Hall–Kier alpha value is -4.08. The van der Waals surface area contributed by atoms with Crippen LogP contribution in [0.4, 0.5) is 5.69 Å². The van der Waals surface area contributed by atoms with Crippen LogP contribution in [-0.4, -0.2) is 4.57 Å². The molecule has 0 fully saturated rings. The molecule has 0 spiro atoms. The van der Waals surface area contributed by atoms with E-state index in [1.807, 2.05) is 17.4 Å². The van der Waals surface area contributed by atoms with Gasteiger partial charge < -0.3 is 10.3 Å². The second-order valence-electron chi connectivity index (χ2n) is 8.46. The molecule has 33 heavy (non-hydrogen) atoms. The normalized spacial score (nSPS) is 11.8. The fourth-order valence-corrected chi connectivity index (χ4v) is 6.12. The summed E-state index contributed by atoms with van der Waals surface area (Å²) in [6.07, 6.45) is 0. The zero-order valence-corrected chi connectivity index (χ0v) is 18.6. The van der Waals surface area contributed by atoms with Crippen LogP contribution in [0, 0.1) is 0 Å². The summed E-state index contributed by atoms with van der Waals surface area (Å²) in [4.78, 5) is 0. The summed E-state index contributed by atoms with van der Waals surface area (Å²) in [7, 11) is 0. The van der Waals surface area contributed by atoms with Crippen LogP contribution in [0.2, 0.25) is 0 Å². The third-order valence-corrected chi connectivity index (χ3v) is 7.68. The summed E-state index contributed by atoms with van der Waals surface area (Å²) in [6, 6.07) is 39.0. The predicted octanol–water partition coefficient (Wildman–Crippen LogP) is 8.40. The molecule has 0 aliphatic heterocycles. The molecule has 0 saturated carbocycles. The zero-order valence-electron chi connectivity index (χ0n) is 17.8. The Kier molecular flexibility index (Phi) is 3.90. The van der Waals surface area contributed by atoms with Gasteiger partial charge in [0.05, 0.1) is 16.7 Å². The van der Waals surface area contributed by atoms with Gasteiger partial charge in [-0.05, 0) is 54.1 Å². The lowest BCUT2D eigenvalue weighted by Gasteiger charge is -2.14. The van der Waals surface area contributed by atoms with E-state index in [-0.39, 0.29) is 0 Å². The highest BCUT2D eigenvalue weighted by Gasteiger charge is 2.15. The van der Waals surface area contributed by atoms with Gasteiger partial charge >= 0.3 is 0 Å². The lowest BCUT2D eigenvalue weighted by molar-refractivity contribution is 1.18. The molecule has 3 heteroatoms. The topological polar surface area (TPSA) is 30.9 Å². The van der Waals surface area contributed by atoms with Crippen molar-refractivity contribution in [1.82, 2.24) is 4.57 Å². The highest BCUT2D eigenvalue weighted by Crippen LogP contribution is 2.40. The van der Waals surface area contributed by atoms with E-state index in [2.05, 4.69) is 108 Å². The first-order chi connectivity index (χ1) is 16.3. The van der Waals surface area contributed by atoms with E-state index in [0.29, 0.717) is 0 Å². The maximum Gasteiger partial charge on any atom is 0.0541 e. The smallest absolute Gasteiger partial charge is 0.0541 e. The van der Waals surface area contributed by atoms with Crippen LogP contribution in [0.25, 0.3) is 58.8 Å². The van der Waals surface area contributed by atoms with Crippen molar-refractivity contribution in [3.63, 3.8) is 0 Å². The van der Waals surface area contributed by atoms with Crippen molar-refractivity contribution in [3.8, 4) is 16.8 Å². The number of para-hydroxylation sites is 3. The molecule has 2 aromatic heterocycles. The second-order valence-corrected chi connectivity index (χ2v) is 9.54. The molecule has 2 heterocycles. The minimum atomic E-state index is 0.804. The zero-order chi connectivity index (χ0) is 21.9. The van der Waals surface area contributed by atoms with Crippen molar-refractivity contribution in [1.29, 1.82) is 0 Å². The Bertz CT molecular complexity index is 1780. The minimum absolute atomic E-state index is 0.804.